The van der Waals surface area contributed by atoms with E-state index in [2.05, 4.69) is 14.7 Å². The van der Waals surface area contributed by atoms with Gasteiger partial charge in [0.15, 0.2) is 5.58 Å². The fraction of sp³-hybridized carbons (Fsp3) is 0.400. The van der Waals surface area contributed by atoms with Crippen molar-refractivity contribution in [2.75, 3.05) is 17.8 Å². The summed E-state index contributed by atoms with van der Waals surface area (Å²) in [6.45, 7) is 7.38. The molecule has 29 heavy (non-hydrogen) atoms. The van der Waals surface area contributed by atoms with Gasteiger partial charge in [-0.15, -0.1) is 0 Å². The lowest BCUT2D eigenvalue weighted by Gasteiger charge is -2.13. The molecule has 1 fully saturated rings. The minimum atomic E-state index is -3.85. The van der Waals surface area contributed by atoms with Crippen molar-refractivity contribution in [1.29, 1.82) is 0 Å². The van der Waals surface area contributed by atoms with E-state index in [9.17, 15) is 13.2 Å². The van der Waals surface area contributed by atoms with Crippen LogP contribution in [0, 0.1) is 0 Å². The van der Waals surface area contributed by atoms with Crippen LogP contribution in [0.25, 0.3) is 11.1 Å². The molecular formula is C20H24N4O4S. The summed E-state index contributed by atoms with van der Waals surface area (Å²) < 4.78 is 33.8. The van der Waals surface area contributed by atoms with Gasteiger partial charge in [0.25, 0.3) is 15.9 Å². The summed E-state index contributed by atoms with van der Waals surface area (Å²) in [7, 11) is -3.85. The lowest BCUT2D eigenvalue weighted by atomic mass is 9.97. The second kappa shape index (κ2) is 6.91. The molecule has 0 atom stereocenters. The summed E-state index contributed by atoms with van der Waals surface area (Å²) in [4.78, 5) is 21.4. The Kier molecular flexibility index (Phi) is 4.65. The first-order valence-electron chi connectivity index (χ1n) is 9.55. The van der Waals surface area contributed by atoms with Gasteiger partial charge < -0.3 is 14.3 Å². The van der Waals surface area contributed by atoms with E-state index in [1.54, 1.807) is 23.1 Å². The monoisotopic (exact) mass is 416 g/mol. The fourth-order valence-corrected chi connectivity index (χ4v) is 4.31. The molecule has 2 aromatic heterocycles. The molecule has 4 rings (SSSR count). The van der Waals surface area contributed by atoms with Gasteiger partial charge in [-0.1, -0.05) is 20.8 Å². The highest BCUT2D eigenvalue weighted by Crippen LogP contribution is 2.28. The van der Waals surface area contributed by atoms with Gasteiger partial charge in [-0.25, -0.2) is 13.4 Å². The summed E-state index contributed by atoms with van der Waals surface area (Å²) >= 11 is 0. The van der Waals surface area contributed by atoms with E-state index >= 15 is 0 Å². The Morgan fingerprint density at radius 3 is 2.62 bits per heavy atom. The van der Waals surface area contributed by atoms with Crippen molar-refractivity contribution in [2.45, 2.75) is 43.9 Å². The number of carbonyl (C=O) groups excluding carboxylic acids is 1. The molecular weight excluding hydrogens is 392 g/mol. The van der Waals surface area contributed by atoms with Crippen LogP contribution in [0.3, 0.4) is 0 Å². The Labute approximate surface area is 169 Å². The van der Waals surface area contributed by atoms with Gasteiger partial charge >= 0.3 is 0 Å². The number of sulfonamides is 1. The van der Waals surface area contributed by atoms with Gasteiger partial charge in [-0.3, -0.25) is 9.52 Å². The number of likely N-dealkylation sites (tertiary alicyclic amines) is 1. The Morgan fingerprint density at radius 1 is 1.21 bits per heavy atom. The number of amides is 1. The van der Waals surface area contributed by atoms with Crippen LogP contribution in [-0.4, -0.2) is 42.3 Å². The molecule has 3 aromatic rings. The van der Waals surface area contributed by atoms with Crippen LogP contribution in [-0.2, 0) is 15.4 Å². The van der Waals surface area contributed by atoms with Gasteiger partial charge in [-0.2, -0.15) is 0 Å². The molecule has 3 heterocycles. The fourth-order valence-electron chi connectivity index (χ4n) is 3.27. The smallest absolute Gasteiger partial charge is 0.270 e. The molecule has 1 amide bonds. The first-order chi connectivity index (χ1) is 13.6. The standard InChI is InChI=1S/C20H24N4O4S/c1-20(2,3)19-22-15-10-13(6-7-17(15)28-19)23-29(26,27)14-11-16(21-12-14)18(25)24-8-4-5-9-24/h6-7,10-12,21,23H,4-5,8-9H2,1-3H3. The maximum atomic E-state index is 12.8. The molecule has 8 nitrogen and oxygen atoms in total. The van der Waals surface area contributed by atoms with E-state index in [0.29, 0.717) is 35.8 Å². The van der Waals surface area contributed by atoms with Gasteiger partial charge in [0.2, 0.25) is 5.89 Å². The van der Waals surface area contributed by atoms with Crippen LogP contribution in [0.2, 0.25) is 0 Å². The quantitative estimate of drug-likeness (QED) is 0.677. The largest absolute Gasteiger partial charge is 0.440 e. The van der Waals surface area contributed by atoms with Crippen molar-refractivity contribution in [3.8, 4) is 0 Å². The summed E-state index contributed by atoms with van der Waals surface area (Å²) in [5.74, 6) is 0.408. The highest BCUT2D eigenvalue weighted by atomic mass is 32.2. The summed E-state index contributed by atoms with van der Waals surface area (Å²) in [5.41, 5.74) is 1.57. The van der Waals surface area contributed by atoms with E-state index in [4.69, 9.17) is 4.42 Å². The number of carbonyl (C=O) groups is 1. The van der Waals surface area contributed by atoms with Gasteiger partial charge in [0.1, 0.15) is 16.1 Å². The number of nitrogens with one attached hydrogen (secondary N) is 2. The van der Waals surface area contributed by atoms with Crippen LogP contribution >= 0.6 is 0 Å². The highest BCUT2D eigenvalue weighted by Gasteiger charge is 2.24. The average molecular weight is 417 g/mol. The Balaban J connectivity index is 1.56. The molecule has 0 spiro atoms. The predicted molar refractivity (Wildman–Crippen MR) is 109 cm³/mol. The van der Waals surface area contributed by atoms with E-state index in [0.717, 1.165) is 12.8 Å². The normalized spacial score (nSPS) is 15.2. The summed E-state index contributed by atoms with van der Waals surface area (Å²) in [6.07, 6.45) is 3.28. The lowest BCUT2D eigenvalue weighted by Crippen LogP contribution is -2.27. The van der Waals surface area contributed by atoms with Crippen LogP contribution in [0.15, 0.2) is 39.8 Å². The zero-order valence-electron chi connectivity index (χ0n) is 16.7. The lowest BCUT2D eigenvalue weighted by molar-refractivity contribution is 0.0787. The molecule has 0 saturated carbocycles. The molecule has 0 radical (unpaired) electrons. The van der Waals surface area contributed by atoms with Crippen molar-refractivity contribution in [3.05, 3.63) is 42.0 Å². The number of anilines is 1. The average Bonchev–Trinajstić information content (AvgIpc) is 3.38. The number of nitrogens with zero attached hydrogens (tertiary/aromatic N) is 2. The molecule has 1 saturated heterocycles. The minimum absolute atomic E-state index is 0.00989. The van der Waals surface area contributed by atoms with Gasteiger partial charge in [0, 0.05) is 24.7 Å². The minimum Gasteiger partial charge on any atom is -0.440 e. The third-order valence-corrected chi connectivity index (χ3v) is 6.23. The molecule has 0 unspecified atom stereocenters. The molecule has 1 aliphatic heterocycles. The number of oxazole rings is 1. The Morgan fingerprint density at radius 2 is 1.93 bits per heavy atom. The number of hydrogen-bond donors (Lipinski definition) is 2. The summed E-state index contributed by atoms with van der Waals surface area (Å²) in [5, 5.41) is 0. The first kappa shape index (κ1) is 19.5. The zero-order chi connectivity index (χ0) is 20.8. The number of benzene rings is 1. The van der Waals surface area contributed by atoms with Crippen molar-refractivity contribution in [3.63, 3.8) is 0 Å². The van der Waals surface area contributed by atoms with E-state index in [1.807, 2.05) is 20.8 Å². The number of aromatic amines is 1. The van der Waals surface area contributed by atoms with E-state index < -0.39 is 10.0 Å². The van der Waals surface area contributed by atoms with E-state index in [-0.39, 0.29) is 21.9 Å². The van der Waals surface area contributed by atoms with E-state index in [1.165, 1.54) is 12.3 Å². The van der Waals surface area contributed by atoms with Crippen molar-refractivity contribution in [1.82, 2.24) is 14.9 Å². The molecule has 0 aliphatic carbocycles. The molecule has 1 aromatic carbocycles. The topological polar surface area (TPSA) is 108 Å². The number of H-pyrrole nitrogens is 1. The molecule has 1 aliphatic rings. The maximum Gasteiger partial charge on any atom is 0.270 e. The molecule has 0 bridgehead atoms. The highest BCUT2D eigenvalue weighted by molar-refractivity contribution is 7.92. The van der Waals surface area contributed by atoms with Crippen LogP contribution in [0.4, 0.5) is 5.69 Å². The maximum absolute atomic E-state index is 12.8. The molecule has 154 valence electrons. The van der Waals surface area contributed by atoms with Crippen molar-refractivity contribution in [2.24, 2.45) is 0 Å². The number of aromatic nitrogens is 2. The number of hydrogen-bond acceptors (Lipinski definition) is 5. The second-order valence-corrected chi connectivity index (χ2v) is 9.99. The van der Waals surface area contributed by atoms with Crippen LogP contribution in [0.5, 0.6) is 0 Å². The predicted octanol–water partition coefficient (Wildman–Crippen LogP) is 3.49. The molecule has 9 heteroatoms. The van der Waals surface area contributed by atoms with Crippen LogP contribution < -0.4 is 4.72 Å². The van der Waals surface area contributed by atoms with Gasteiger partial charge in [-0.05, 0) is 37.1 Å². The van der Waals surface area contributed by atoms with Crippen molar-refractivity contribution < 1.29 is 17.6 Å². The number of rotatable bonds is 4. The second-order valence-electron chi connectivity index (χ2n) is 8.31. The Bertz CT molecular complexity index is 1160. The SMILES string of the molecule is CC(C)(C)c1nc2cc(NS(=O)(=O)c3c[nH]c(C(=O)N4CCCC4)c3)ccc2o1. The van der Waals surface area contributed by atoms with Gasteiger partial charge in [0.05, 0.1) is 5.69 Å². The third kappa shape index (κ3) is 3.87. The zero-order valence-corrected chi connectivity index (χ0v) is 17.5. The number of fused-ring (bicyclic) bond motifs is 1. The Hall–Kier alpha value is -2.81. The third-order valence-electron chi connectivity index (χ3n) is 4.87. The molecule has 2 N–H and O–H groups in total. The van der Waals surface area contributed by atoms with Crippen LogP contribution in [0.1, 0.15) is 50.0 Å². The van der Waals surface area contributed by atoms with Crippen molar-refractivity contribution >= 4 is 32.7 Å². The summed E-state index contributed by atoms with van der Waals surface area (Å²) in [6, 6.07) is 6.32. The first-order valence-corrected chi connectivity index (χ1v) is 11.0.